The first-order valence-corrected chi connectivity index (χ1v) is 11.1. The molecule has 1 aliphatic rings. The normalized spacial score (nSPS) is 13.4. The molecular formula is C24H25N3O3S. The van der Waals surface area contributed by atoms with Crippen LogP contribution in [-0.2, 0) is 22.6 Å². The number of hydrogen-bond acceptors (Lipinski definition) is 5. The van der Waals surface area contributed by atoms with Gasteiger partial charge in [0.15, 0.2) is 0 Å². The monoisotopic (exact) mass is 435 g/mol. The zero-order valence-electron chi connectivity index (χ0n) is 17.3. The molecule has 0 fully saturated rings. The molecule has 0 radical (unpaired) electrons. The molecule has 1 aliphatic heterocycles. The van der Waals surface area contributed by atoms with Gasteiger partial charge in [-0.25, -0.2) is 0 Å². The first-order valence-electron chi connectivity index (χ1n) is 10.2. The number of benzene rings is 2. The molecule has 160 valence electrons. The molecule has 2 amide bonds. The van der Waals surface area contributed by atoms with Gasteiger partial charge in [-0.05, 0) is 35.6 Å². The van der Waals surface area contributed by atoms with E-state index in [-0.39, 0.29) is 12.6 Å². The molecule has 2 N–H and O–H groups in total. The summed E-state index contributed by atoms with van der Waals surface area (Å²) in [6, 6.07) is 19.8. The predicted octanol–water partition coefficient (Wildman–Crippen LogP) is 3.29. The van der Waals surface area contributed by atoms with Crippen molar-refractivity contribution in [3.8, 4) is 5.75 Å². The van der Waals surface area contributed by atoms with Gasteiger partial charge in [0, 0.05) is 35.8 Å². The van der Waals surface area contributed by atoms with Crippen LogP contribution in [0.5, 0.6) is 5.75 Å². The van der Waals surface area contributed by atoms with Crippen molar-refractivity contribution in [3.05, 3.63) is 82.0 Å². The lowest BCUT2D eigenvalue weighted by atomic mass is 10.1. The number of amides is 2. The van der Waals surface area contributed by atoms with E-state index in [9.17, 15) is 9.59 Å². The minimum absolute atomic E-state index is 0.0189. The first kappa shape index (κ1) is 20.9. The largest absolute Gasteiger partial charge is 0.496 e. The van der Waals surface area contributed by atoms with Gasteiger partial charge in [-0.1, -0.05) is 42.5 Å². The number of ether oxygens (including phenoxy) is 1. The second-order valence-corrected chi connectivity index (χ2v) is 8.29. The van der Waals surface area contributed by atoms with E-state index in [4.69, 9.17) is 4.74 Å². The minimum Gasteiger partial charge on any atom is -0.496 e. The summed E-state index contributed by atoms with van der Waals surface area (Å²) in [4.78, 5) is 28.3. The lowest BCUT2D eigenvalue weighted by molar-refractivity contribution is -0.139. The molecule has 0 unspecified atom stereocenters. The van der Waals surface area contributed by atoms with Crippen LogP contribution < -0.4 is 20.3 Å². The van der Waals surface area contributed by atoms with E-state index in [2.05, 4.69) is 39.8 Å². The molecule has 6 nitrogen and oxygen atoms in total. The van der Waals surface area contributed by atoms with Crippen LogP contribution in [0.25, 0.3) is 0 Å². The first-order chi connectivity index (χ1) is 15.2. The Morgan fingerprint density at radius 1 is 1.03 bits per heavy atom. The molecule has 4 rings (SSSR count). The van der Waals surface area contributed by atoms with E-state index < -0.39 is 11.8 Å². The highest BCUT2D eigenvalue weighted by atomic mass is 32.1. The maximum absolute atomic E-state index is 12.5. The Kier molecular flexibility index (Phi) is 6.52. The second kappa shape index (κ2) is 9.66. The number of hydrogen-bond donors (Lipinski definition) is 2. The SMILES string of the molecule is COc1ccccc1CNC(=O)C(=O)NC[C@@H](c1cccs1)N1CCc2ccccc21. The van der Waals surface area contributed by atoms with Crippen LogP contribution in [0.1, 0.15) is 22.0 Å². The van der Waals surface area contributed by atoms with Crippen LogP contribution in [0.3, 0.4) is 0 Å². The highest BCUT2D eigenvalue weighted by Crippen LogP contribution is 2.36. The molecule has 7 heteroatoms. The van der Waals surface area contributed by atoms with Gasteiger partial charge in [0.25, 0.3) is 0 Å². The summed E-state index contributed by atoms with van der Waals surface area (Å²) >= 11 is 1.66. The van der Waals surface area contributed by atoms with Gasteiger partial charge in [0.2, 0.25) is 0 Å². The maximum atomic E-state index is 12.5. The average molecular weight is 436 g/mol. The number of thiophene rings is 1. The standard InChI is InChI=1S/C24H25N3O3S/c1-30-21-10-5-3-8-18(21)15-25-23(28)24(29)26-16-20(22-11-6-14-31-22)27-13-12-17-7-2-4-9-19(17)27/h2-11,14,20H,12-13,15-16H2,1H3,(H,25,28)(H,26,29)/t20-/m0/s1. The molecule has 0 spiro atoms. The van der Waals surface area contributed by atoms with E-state index in [0.717, 1.165) is 23.4 Å². The van der Waals surface area contributed by atoms with Gasteiger partial charge in [-0.15, -0.1) is 11.3 Å². The minimum atomic E-state index is -0.655. The molecule has 0 saturated carbocycles. The third kappa shape index (κ3) is 4.72. The van der Waals surface area contributed by atoms with Crippen molar-refractivity contribution in [2.75, 3.05) is 25.1 Å². The molecule has 1 aromatic heterocycles. The summed E-state index contributed by atoms with van der Waals surface area (Å²) in [7, 11) is 1.58. The Morgan fingerprint density at radius 3 is 2.61 bits per heavy atom. The zero-order chi connectivity index (χ0) is 21.6. The highest BCUT2D eigenvalue weighted by molar-refractivity contribution is 7.10. The number of anilines is 1. The predicted molar refractivity (Wildman–Crippen MR) is 122 cm³/mol. The van der Waals surface area contributed by atoms with Crippen LogP contribution >= 0.6 is 11.3 Å². The second-order valence-electron chi connectivity index (χ2n) is 7.31. The van der Waals surface area contributed by atoms with Crippen LogP contribution in [-0.4, -0.2) is 32.0 Å². The average Bonchev–Trinajstić information content (AvgIpc) is 3.48. The number of rotatable bonds is 7. The van der Waals surface area contributed by atoms with Gasteiger partial charge in [0.1, 0.15) is 5.75 Å². The summed E-state index contributed by atoms with van der Waals surface area (Å²) in [6.07, 6.45) is 0.978. The number of methoxy groups -OCH3 is 1. The Hall–Kier alpha value is -3.32. The molecule has 2 aromatic carbocycles. The summed E-state index contributed by atoms with van der Waals surface area (Å²) in [6.45, 7) is 1.47. The van der Waals surface area contributed by atoms with Crippen molar-refractivity contribution in [1.82, 2.24) is 10.6 Å². The Balaban J connectivity index is 1.39. The van der Waals surface area contributed by atoms with Crippen LogP contribution in [0.15, 0.2) is 66.0 Å². The van der Waals surface area contributed by atoms with Crippen LogP contribution in [0.2, 0.25) is 0 Å². The quantitative estimate of drug-likeness (QED) is 0.559. The number of nitrogens with one attached hydrogen (secondary N) is 2. The lowest BCUT2D eigenvalue weighted by Gasteiger charge is -2.30. The Bertz CT molecular complexity index is 1050. The van der Waals surface area contributed by atoms with Gasteiger partial charge in [0.05, 0.1) is 13.2 Å². The van der Waals surface area contributed by atoms with Gasteiger partial charge in [-0.2, -0.15) is 0 Å². The Labute approximate surface area is 185 Å². The van der Waals surface area contributed by atoms with Gasteiger partial charge < -0.3 is 20.3 Å². The molecule has 0 aliphatic carbocycles. The van der Waals surface area contributed by atoms with Crippen LogP contribution in [0.4, 0.5) is 5.69 Å². The summed E-state index contributed by atoms with van der Waals surface area (Å²) < 4.78 is 5.29. The van der Waals surface area contributed by atoms with Crippen LogP contribution in [0, 0.1) is 0 Å². The number of carbonyl (C=O) groups is 2. The molecule has 1 atom stereocenters. The Morgan fingerprint density at radius 2 is 1.81 bits per heavy atom. The van der Waals surface area contributed by atoms with Gasteiger partial charge in [-0.3, -0.25) is 9.59 Å². The topological polar surface area (TPSA) is 70.7 Å². The summed E-state index contributed by atoms with van der Waals surface area (Å²) in [5, 5.41) is 7.54. The smallest absolute Gasteiger partial charge is 0.309 e. The van der Waals surface area contributed by atoms with Crippen molar-refractivity contribution in [1.29, 1.82) is 0 Å². The third-order valence-electron chi connectivity index (χ3n) is 5.47. The zero-order valence-corrected chi connectivity index (χ0v) is 18.2. The summed E-state index contributed by atoms with van der Waals surface area (Å²) in [5.74, 6) is -0.615. The van der Waals surface area contributed by atoms with E-state index in [1.54, 1.807) is 18.4 Å². The molecule has 31 heavy (non-hydrogen) atoms. The maximum Gasteiger partial charge on any atom is 0.309 e. The molecular weight excluding hydrogens is 410 g/mol. The number of nitrogens with zero attached hydrogens (tertiary/aromatic N) is 1. The number of para-hydroxylation sites is 2. The number of carbonyl (C=O) groups excluding carboxylic acids is 2. The molecule has 0 saturated heterocycles. The van der Waals surface area contributed by atoms with Crippen molar-refractivity contribution in [2.45, 2.75) is 19.0 Å². The van der Waals surface area contributed by atoms with E-state index >= 15 is 0 Å². The van der Waals surface area contributed by atoms with Gasteiger partial charge >= 0.3 is 11.8 Å². The molecule has 3 aromatic rings. The fraction of sp³-hybridized carbons (Fsp3) is 0.250. The number of fused-ring (bicyclic) bond motifs is 1. The van der Waals surface area contributed by atoms with E-state index in [1.165, 1.54) is 11.3 Å². The lowest BCUT2D eigenvalue weighted by Crippen LogP contribution is -2.43. The fourth-order valence-electron chi connectivity index (χ4n) is 3.91. The highest BCUT2D eigenvalue weighted by Gasteiger charge is 2.28. The van der Waals surface area contributed by atoms with E-state index in [1.807, 2.05) is 41.8 Å². The summed E-state index contributed by atoms with van der Waals surface area (Å²) in [5.41, 5.74) is 3.32. The van der Waals surface area contributed by atoms with E-state index in [0.29, 0.717) is 12.3 Å². The third-order valence-corrected chi connectivity index (χ3v) is 6.44. The molecule has 2 heterocycles. The fourth-order valence-corrected chi connectivity index (χ4v) is 4.75. The van der Waals surface area contributed by atoms with Crippen molar-refractivity contribution >= 4 is 28.8 Å². The van der Waals surface area contributed by atoms with Crippen molar-refractivity contribution in [3.63, 3.8) is 0 Å². The molecule has 0 bridgehead atoms. The van der Waals surface area contributed by atoms with Crippen molar-refractivity contribution in [2.24, 2.45) is 0 Å². The van der Waals surface area contributed by atoms with Crippen molar-refractivity contribution < 1.29 is 14.3 Å².